The summed E-state index contributed by atoms with van der Waals surface area (Å²) in [7, 11) is 1.92. The molecular formula is C19H28FN3O2. The van der Waals surface area contributed by atoms with Crippen molar-refractivity contribution in [1.82, 2.24) is 10.2 Å². The number of rotatable bonds is 6. The number of halogens is 1. The molecule has 1 aromatic rings. The molecule has 1 atom stereocenters. The summed E-state index contributed by atoms with van der Waals surface area (Å²) in [4.78, 5) is 16.7. The lowest BCUT2D eigenvalue weighted by molar-refractivity contribution is -0.121. The lowest BCUT2D eigenvalue weighted by atomic mass is 10.1. The summed E-state index contributed by atoms with van der Waals surface area (Å²) in [6, 6.07) is 4.48. The first-order valence-corrected chi connectivity index (χ1v) is 9.28. The maximum atomic E-state index is 13.3. The van der Waals surface area contributed by atoms with E-state index in [1.807, 2.05) is 11.9 Å². The van der Waals surface area contributed by atoms with E-state index < -0.39 is 0 Å². The largest absolute Gasteiger partial charge is 0.489 e. The van der Waals surface area contributed by atoms with E-state index in [9.17, 15) is 9.18 Å². The van der Waals surface area contributed by atoms with Gasteiger partial charge < -0.3 is 19.9 Å². The van der Waals surface area contributed by atoms with Gasteiger partial charge in [0.2, 0.25) is 5.91 Å². The molecule has 2 aliphatic rings. The third-order valence-corrected chi connectivity index (χ3v) is 5.12. The number of fused-ring (bicyclic) bond motifs is 1. The van der Waals surface area contributed by atoms with Crippen molar-refractivity contribution in [3.05, 3.63) is 24.0 Å². The van der Waals surface area contributed by atoms with Gasteiger partial charge in [-0.25, -0.2) is 4.39 Å². The summed E-state index contributed by atoms with van der Waals surface area (Å²) in [6.45, 7) is 4.56. The van der Waals surface area contributed by atoms with Crippen LogP contribution in [0, 0.1) is 5.82 Å². The van der Waals surface area contributed by atoms with Gasteiger partial charge in [-0.1, -0.05) is 6.42 Å². The van der Waals surface area contributed by atoms with Gasteiger partial charge in [0.05, 0.1) is 18.2 Å². The monoisotopic (exact) mass is 349 g/mol. The lowest BCUT2D eigenvalue weighted by Gasteiger charge is -2.35. The second-order valence-corrected chi connectivity index (χ2v) is 7.00. The Bertz CT molecular complexity index is 590. The van der Waals surface area contributed by atoms with Crippen molar-refractivity contribution in [3.63, 3.8) is 0 Å². The highest BCUT2D eigenvalue weighted by Gasteiger charge is 2.26. The highest BCUT2D eigenvalue weighted by atomic mass is 19.1. The number of amides is 1. The van der Waals surface area contributed by atoms with E-state index in [1.165, 1.54) is 44.5 Å². The van der Waals surface area contributed by atoms with Crippen molar-refractivity contribution in [1.29, 1.82) is 0 Å². The topological polar surface area (TPSA) is 44.8 Å². The number of ether oxygens (including phenoxy) is 1. The van der Waals surface area contributed by atoms with E-state index in [0.717, 1.165) is 18.7 Å². The Labute approximate surface area is 149 Å². The number of nitrogens with one attached hydrogen (secondary N) is 1. The normalized spacial score (nSPS) is 20.7. The molecule has 0 radical (unpaired) electrons. The van der Waals surface area contributed by atoms with Crippen molar-refractivity contribution in [2.24, 2.45) is 0 Å². The average molecular weight is 349 g/mol. The molecule has 2 aliphatic heterocycles. The predicted octanol–water partition coefficient (Wildman–Crippen LogP) is 2.41. The van der Waals surface area contributed by atoms with Crippen molar-refractivity contribution >= 4 is 11.6 Å². The quantitative estimate of drug-likeness (QED) is 0.801. The molecule has 6 heteroatoms. The van der Waals surface area contributed by atoms with E-state index in [4.69, 9.17) is 4.74 Å². The van der Waals surface area contributed by atoms with Gasteiger partial charge >= 0.3 is 0 Å². The summed E-state index contributed by atoms with van der Waals surface area (Å²) >= 11 is 0. The van der Waals surface area contributed by atoms with Gasteiger partial charge in [0.15, 0.2) is 0 Å². The van der Waals surface area contributed by atoms with E-state index in [1.54, 1.807) is 6.07 Å². The smallest absolute Gasteiger partial charge is 0.222 e. The molecule has 2 heterocycles. The van der Waals surface area contributed by atoms with E-state index >= 15 is 0 Å². The highest BCUT2D eigenvalue weighted by Crippen LogP contribution is 2.34. The predicted molar refractivity (Wildman–Crippen MR) is 96.6 cm³/mol. The van der Waals surface area contributed by atoms with Gasteiger partial charge in [-0.2, -0.15) is 0 Å². The van der Waals surface area contributed by atoms with Gasteiger partial charge in [0, 0.05) is 19.7 Å². The number of likely N-dealkylation sites (N-methyl/N-ethyl adjacent to an activating group) is 1. The standard InChI is InChI=1S/C19H28FN3O2/c1-22-16(14-25-18-12-15(20)6-7-17(18)22)13-19(24)21-8-5-11-23-9-3-2-4-10-23/h6-7,12,16H,2-5,8-11,13-14H2,1H3,(H,21,24). The van der Waals surface area contributed by atoms with Crippen LogP contribution in [-0.2, 0) is 4.79 Å². The molecule has 0 aromatic heterocycles. The van der Waals surface area contributed by atoms with Gasteiger partial charge in [0.25, 0.3) is 0 Å². The van der Waals surface area contributed by atoms with Crippen molar-refractivity contribution in [2.45, 2.75) is 38.1 Å². The lowest BCUT2D eigenvalue weighted by Crippen LogP contribution is -2.44. The summed E-state index contributed by atoms with van der Waals surface area (Å²) in [5, 5.41) is 3.02. The summed E-state index contributed by atoms with van der Waals surface area (Å²) in [5.41, 5.74) is 0.829. The molecule has 3 rings (SSSR count). The minimum atomic E-state index is -0.308. The molecule has 1 aromatic carbocycles. The third kappa shape index (κ3) is 4.84. The van der Waals surface area contributed by atoms with Crippen molar-refractivity contribution < 1.29 is 13.9 Å². The second kappa shape index (κ2) is 8.52. The molecule has 5 nitrogen and oxygen atoms in total. The Morgan fingerprint density at radius 1 is 1.32 bits per heavy atom. The fourth-order valence-corrected chi connectivity index (χ4v) is 3.58. The third-order valence-electron chi connectivity index (χ3n) is 5.12. The maximum Gasteiger partial charge on any atom is 0.222 e. The molecule has 0 bridgehead atoms. The Kier molecular flexibility index (Phi) is 6.13. The molecule has 1 saturated heterocycles. The SMILES string of the molecule is CN1c2ccc(F)cc2OCC1CC(=O)NCCCN1CCCCC1. The first-order chi connectivity index (χ1) is 12.1. The highest BCUT2D eigenvalue weighted by molar-refractivity contribution is 5.77. The number of carbonyl (C=O) groups is 1. The van der Waals surface area contributed by atoms with Gasteiger partial charge in [0.1, 0.15) is 18.2 Å². The van der Waals surface area contributed by atoms with Gasteiger partial charge in [-0.3, -0.25) is 4.79 Å². The second-order valence-electron chi connectivity index (χ2n) is 7.00. The summed E-state index contributed by atoms with van der Waals surface area (Å²) < 4.78 is 18.9. The zero-order valence-corrected chi connectivity index (χ0v) is 15.0. The molecule has 1 N–H and O–H groups in total. The molecule has 1 amide bonds. The van der Waals surface area contributed by atoms with E-state index in [-0.39, 0.29) is 17.8 Å². The van der Waals surface area contributed by atoms with Crippen LogP contribution in [-0.4, -0.2) is 56.7 Å². The summed E-state index contributed by atoms with van der Waals surface area (Å²) in [6.07, 6.45) is 5.32. The Balaban J connectivity index is 1.40. The van der Waals surface area contributed by atoms with Crippen LogP contribution in [0.3, 0.4) is 0 Å². The van der Waals surface area contributed by atoms with Gasteiger partial charge in [-0.15, -0.1) is 0 Å². The number of benzene rings is 1. The van der Waals surface area contributed by atoms with E-state index in [2.05, 4.69) is 10.2 Å². The molecule has 138 valence electrons. The average Bonchev–Trinajstić information content (AvgIpc) is 2.62. The molecule has 0 spiro atoms. The van der Waals surface area contributed by atoms with Crippen LogP contribution >= 0.6 is 0 Å². The minimum absolute atomic E-state index is 0.0277. The molecule has 25 heavy (non-hydrogen) atoms. The van der Waals surface area contributed by atoms with Crippen LogP contribution in [0.1, 0.15) is 32.1 Å². The Hall–Kier alpha value is -1.82. The van der Waals surface area contributed by atoms with Crippen LogP contribution in [0.25, 0.3) is 0 Å². The number of hydrogen-bond acceptors (Lipinski definition) is 4. The van der Waals surface area contributed by atoms with Crippen LogP contribution in [0.15, 0.2) is 18.2 Å². The fraction of sp³-hybridized carbons (Fsp3) is 0.632. The van der Waals surface area contributed by atoms with Gasteiger partial charge in [-0.05, 0) is 51.0 Å². The van der Waals surface area contributed by atoms with Crippen LogP contribution < -0.4 is 15.0 Å². The fourth-order valence-electron chi connectivity index (χ4n) is 3.58. The molecular weight excluding hydrogens is 321 g/mol. The zero-order valence-electron chi connectivity index (χ0n) is 15.0. The number of nitrogens with zero attached hydrogens (tertiary/aromatic N) is 2. The van der Waals surface area contributed by atoms with Crippen LogP contribution in [0.2, 0.25) is 0 Å². The zero-order chi connectivity index (χ0) is 17.6. The van der Waals surface area contributed by atoms with E-state index in [0.29, 0.717) is 25.3 Å². The molecule has 1 unspecified atom stereocenters. The Morgan fingerprint density at radius 3 is 2.92 bits per heavy atom. The molecule has 1 fully saturated rings. The number of likely N-dealkylation sites (tertiary alicyclic amines) is 1. The van der Waals surface area contributed by atoms with Crippen LogP contribution in [0.5, 0.6) is 5.75 Å². The molecule has 0 saturated carbocycles. The minimum Gasteiger partial charge on any atom is -0.489 e. The number of carbonyl (C=O) groups excluding carboxylic acids is 1. The maximum absolute atomic E-state index is 13.3. The van der Waals surface area contributed by atoms with Crippen LogP contribution in [0.4, 0.5) is 10.1 Å². The number of hydrogen-bond donors (Lipinski definition) is 1. The first kappa shape index (κ1) is 18.0. The number of anilines is 1. The first-order valence-electron chi connectivity index (χ1n) is 9.28. The molecule has 0 aliphatic carbocycles. The number of piperidine rings is 1. The van der Waals surface area contributed by atoms with Crippen molar-refractivity contribution in [2.75, 3.05) is 44.7 Å². The van der Waals surface area contributed by atoms with Crippen molar-refractivity contribution in [3.8, 4) is 5.75 Å². The Morgan fingerprint density at radius 2 is 2.12 bits per heavy atom. The summed E-state index contributed by atoms with van der Waals surface area (Å²) in [5.74, 6) is 0.280.